The van der Waals surface area contributed by atoms with E-state index in [4.69, 9.17) is 34.8 Å². The van der Waals surface area contributed by atoms with E-state index >= 15 is 0 Å². The number of hydrogen-bond donors (Lipinski definition) is 1. The van der Waals surface area contributed by atoms with Crippen molar-refractivity contribution in [3.8, 4) is 0 Å². The van der Waals surface area contributed by atoms with Crippen molar-refractivity contribution in [2.75, 3.05) is 13.1 Å². The molecule has 4 bridgehead atoms. The summed E-state index contributed by atoms with van der Waals surface area (Å²) < 4.78 is -1.50. The number of halogens is 3. The molecular weight excluding hydrogens is 379 g/mol. The molecular formula is C19H29Cl3N2O. The molecule has 5 rings (SSSR count). The second-order valence-corrected chi connectivity index (χ2v) is 11.7. The number of alkyl halides is 3. The van der Waals surface area contributed by atoms with Crippen LogP contribution in [0.1, 0.15) is 58.3 Å². The van der Waals surface area contributed by atoms with Crippen molar-refractivity contribution < 1.29 is 4.79 Å². The quantitative estimate of drug-likeness (QED) is 0.685. The van der Waals surface area contributed by atoms with Gasteiger partial charge < -0.3 is 5.32 Å². The number of amides is 1. The van der Waals surface area contributed by atoms with Gasteiger partial charge in [0.2, 0.25) is 9.70 Å². The summed E-state index contributed by atoms with van der Waals surface area (Å²) in [7, 11) is 0. The highest BCUT2D eigenvalue weighted by Gasteiger charge is 2.55. The van der Waals surface area contributed by atoms with Gasteiger partial charge in [-0.25, -0.2) is 0 Å². The van der Waals surface area contributed by atoms with Gasteiger partial charge in [-0.3, -0.25) is 9.69 Å². The van der Waals surface area contributed by atoms with Crippen LogP contribution in [0.2, 0.25) is 0 Å². The van der Waals surface area contributed by atoms with E-state index in [9.17, 15) is 4.79 Å². The summed E-state index contributed by atoms with van der Waals surface area (Å²) in [4.78, 5) is 15.5. The third-order valence-corrected chi connectivity index (χ3v) is 7.90. The Kier molecular flexibility index (Phi) is 5.02. The zero-order valence-corrected chi connectivity index (χ0v) is 17.2. The zero-order chi connectivity index (χ0) is 17.8. The van der Waals surface area contributed by atoms with Gasteiger partial charge in [0.15, 0.2) is 0 Å². The van der Waals surface area contributed by atoms with Gasteiger partial charge in [-0.2, -0.15) is 0 Å². The summed E-state index contributed by atoms with van der Waals surface area (Å²) in [6.07, 6.45) is 8.73. The van der Waals surface area contributed by atoms with Crippen LogP contribution in [-0.4, -0.2) is 33.9 Å². The molecule has 1 amide bonds. The maximum atomic E-state index is 13.3. The third kappa shape index (κ3) is 3.68. The minimum atomic E-state index is -1.50. The molecule has 1 aliphatic heterocycles. The molecule has 1 saturated heterocycles. The van der Waals surface area contributed by atoms with Crippen LogP contribution in [0.25, 0.3) is 0 Å². The molecule has 1 N–H and O–H groups in total. The summed E-state index contributed by atoms with van der Waals surface area (Å²) in [6, 6.07) is 0. The molecule has 6 heteroatoms. The van der Waals surface area contributed by atoms with Crippen LogP contribution in [0.3, 0.4) is 0 Å². The molecule has 0 aromatic rings. The molecule has 0 spiro atoms. The molecule has 0 aromatic heterocycles. The van der Waals surface area contributed by atoms with Crippen LogP contribution in [-0.2, 0) is 4.79 Å². The molecule has 1 heterocycles. The van der Waals surface area contributed by atoms with Crippen LogP contribution in [0.5, 0.6) is 0 Å². The van der Waals surface area contributed by atoms with Gasteiger partial charge in [-0.05, 0) is 75.0 Å². The van der Waals surface area contributed by atoms with Crippen molar-refractivity contribution in [3.05, 3.63) is 0 Å². The largest absolute Gasteiger partial charge is 0.336 e. The summed E-state index contributed by atoms with van der Waals surface area (Å²) in [6.45, 7) is 4.01. The number of likely N-dealkylation sites (tertiary alicyclic amines) is 1. The Morgan fingerprint density at radius 3 is 1.96 bits per heavy atom. The van der Waals surface area contributed by atoms with Crippen molar-refractivity contribution in [2.45, 2.75) is 68.2 Å². The van der Waals surface area contributed by atoms with E-state index in [1.807, 2.05) is 0 Å². The maximum absolute atomic E-state index is 13.3. The number of nitrogens with one attached hydrogen (secondary N) is 1. The standard InChI is InChI=1S/C19H29Cl3N2O/c1-12-2-4-24(5-3-12)16(19(20,21)22)23-17(25)18-9-13-6-14(10-18)8-15(7-13)11-18/h12-16H,2-11H2,1H3,(H,23,25). The molecule has 142 valence electrons. The second kappa shape index (κ2) is 6.72. The van der Waals surface area contributed by atoms with Crippen molar-refractivity contribution in [1.29, 1.82) is 0 Å². The van der Waals surface area contributed by atoms with Crippen molar-refractivity contribution >= 4 is 40.7 Å². The summed E-state index contributed by atoms with van der Waals surface area (Å²) in [5.41, 5.74) is -0.202. The van der Waals surface area contributed by atoms with E-state index in [0.29, 0.717) is 5.92 Å². The van der Waals surface area contributed by atoms with Gasteiger partial charge in [0, 0.05) is 13.1 Å². The molecule has 5 fully saturated rings. The lowest BCUT2D eigenvalue weighted by atomic mass is 9.49. The Morgan fingerprint density at radius 2 is 1.52 bits per heavy atom. The number of piperidine rings is 1. The fraction of sp³-hybridized carbons (Fsp3) is 0.947. The minimum Gasteiger partial charge on any atom is -0.336 e. The summed E-state index contributed by atoms with van der Waals surface area (Å²) >= 11 is 18.9. The van der Waals surface area contributed by atoms with Gasteiger partial charge in [0.05, 0.1) is 5.41 Å². The Hall–Kier alpha value is 0.300. The lowest BCUT2D eigenvalue weighted by molar-refractivity contribution is -0.148. The predicted molar refractivity (Wildman–Crippen MR) is 103 cm³/mol. The van der Waals surface area contributed by atoms with Gasteiger partial charge >= 0.3 is 0 Å². The Balaban J connectivity index is 1.49. The van der Waals surface area contributed by atoms with Gasteiger partial charge in [-0.15, -0.1) is 0 Å². The van der Waals surface area contributed by atoms with E-state index in [2.05, 4.69) is 17.1 Å². The Morgan fingerprint density at radius 1 is 1.04 bits per heavy atom. The molecule has 4 saturated carbocycles. The minimum absolute atomic E-state index is 0.140. The van der Waals surface area contributed by atoms with Crippen LogP contribution in [0, 0.1) is 29.1 Å². The van der Waals surface area contributed by atoms with E-state index in [0.717, 1.165) is 62.9 Å². The summed E-state index contributed by atoms with van der Waals surface area (Å²) in [5.74, 6) is 3.05. The van der Waals surface area contributed by atoms with Crippen molar-refractivity contribution in [3.63, 3.8) is 0 Å². The topological polar surface area (TPSA) is 32.3 Å². The maximum Gasteiger partial charge on any atom is 0.227 e. The lowest BCUT2D eigenvalue weighted by Crippen LogP contribution is -2.62. The zero-order valence-electron chi connectivity index (χ0n) is 14.9. The van der Waals surface area contributed by atoms with Crippen LogP contribution in [0.15, 0.2) is 0 Å². The highest BCUT2D eigenvalue weighted by molar-refractivity contribution is 6.68. The molecule has 0 radical (unpaired) electrons. The van der Waals surface area contributed by atoms with Crippen molar-refractivity contribution in [2.24, 2.45) is 29.1 Å². The molecule has 3 nitrogen and oxygen atoms in total. The van der Waals surface area contributed by atoms with E-state index < -0.39 is 9.96 Å². The van der Waals surface area contributed by atoms with Gasteiger partial charge in [-0.1, -0.05) is 41.7 Å². The number of hydrogen-bond acceptors (Lipinski definition) is 2. The highest BCUT2D eigenvalue weighted by atomic mass is 35.6. The fourth-order valence-electron chi connectivity index (χ4n) is 6.33. The van der Waals surface area contributed by atoms with Crippen molar-refractivity contribution in [1.82, 2.24) is 10.2 Å². The molecule has 5 aliphatic rings. The average molecular weight is 408 g/mol. The van der Waals surface area contributed by atoms with Gasteiger partial charge in [0.1, 0.15) is 6.17 Å². The molecule has 4 aliphatic carbocycles. The number of carbonyl (C=O) groups is 1. The normalized spacial score (nSPS) is 40.2. The molecule has 0 aromatic carbocycles. The van der Waals surface area contributed by atoms with Crippen LogP contribution >= 0.6 is 34.8 Å². The van der Waals surface area contributed by atoms with E-state index in [1.54, 1.807) is 0 Å². The van der Waals surface area contributed by atoms with E-state index in [1.165, 1.54) is 19.3 Å². The molecule has 25 heavy (non-hydrogen) atoms. The molecule has 1 unspecified atom stereocenters. The lowest BCUT2D eigenvalue weighted by Gasteiger charge is -2.56. The van der Waals surface area contributed by atoms with E-state index in [-0.39, 0.29) is 11.3 Å². The number of rotatable bonds is 3. The third-order valence-electron chi connectivity index (χ3n) is 7.28. The summed E-state index contributed by atoms with van der Waals surface area (Å²) in [5, 5.41) is 3.19. The smallest absolute Gasteiger partial charge is 0.227 e. The fourth-order valence-corrected chi connectivity index (χ4v) is 6.91. The first kappa shape index (κ1) is 18.7. The first-order valence-electron chi connectivity index (χ1n) is 9.87. The van der Waals surface area contributed by atoms with Crippen LogP contribution in [0.4, 0.5) is 0 Å². The second-order valence-electron chi connectivity index (χ2n) is 9.33. The first-order chi connectivity index (χ1) is 11.7. The SMILES string of the molecule is CC1CCN(C(NC(=O)C23CC4CC(CC(C4)C2)C3)C(Cl)(Cl)Cl)CC1. The average Bonchev–Trinajstić information content (AvgIpc) is 2.51. The Labute approximate surface area is 166 Å². The predicted octanol–water partition coefficient (Wildman–Crippen LogP) is 4.75. The first-order valence-corrected chi connectivity index (χ1v) is 11.0. The van der Waals surface area contributed by atoms with Gasteiger partial charge in [0.25, 0.3) is 0 Å². The van der Waals surface area contributed by atoms with Crippen LogP contribution < -0.4 is 5.32 Å². The number of nitrogens with zero attached hydrogens (tertiary/aromatic N) is 1. The monoisotopic (exact) mass is 406 g/mol. The molecule has 1 atom stereocenters. The highest BCUT2D eigenvalue weighted by Crippen LogP contribution is 2.60. The number of carbonyl (C=O) groups excluding carboxylic acids is 1. The Bertz CT molecular complexity index is 490.